The highest BCUT2D eigenvalue weighted by Gasteiger charge is 2.31. The lowest BCUT2D eigenvalue weighted by molar-refractivity contribution is 0.191. The normalized spacial score (nSPS) is 14.7. The number of anilines is 1. The first-order valence-electron chi connectivity index (χ1n) is 10.4. The summed E-state index contributed by atoms with van der Waals surface area (Å²) in [6, 6.07) is 18.8. The van der Waals surface area contributed by atoms with Crippen LogP contribution in [0.3, 0.4) is 0 Å². The predicted octanol–water partition coefficient (Wildman–Crippen LogP) is 5.59. The molecule has 10 heteroatoms. The average Bonchev–Trinajstić information content (AvgIpc) is 2.72. The summed E-state index contributed by atoms with van der Waals surface area (Å²) < 4.78 is 30.2. The van der Waals surface area contributed by atoms with Crippen LogP contribution in [0, 0.1) is 0 Å². The van der Waals surface area contributed by atoms with Gasteiger partial charge in [-0.3, -0.25) is 4.52 Å². The van der Waals surface area contributed by atoms with Crippen LogP contribution in [0.1, 0.15) is 37.8 Å². The summed E-state index contributed by atoms with van der Waals surface area (Å²) >= 11 is 0. The second-order valence-electron chi connectivity index (χ2n) is 7.69. The number of phosphoric acid groups is 2. The Morgan fingerprint density at radius 3 is 2.18 bits per heavy atom. The zero-order chi connectivity index (χ0) is 24.3. The van der Waals surface area contributed by atoms with Crippen molar-refractivity contribution in [1.82, 2.24) is 0 Å². The first kappa shape index (κ1) is 27.2. The topological polar surface area (TPSA) is 125 Å². The highest BCUT2D eigenvalue weighted by atomic mass is 31.3. The fourth-order valence-electron chi connectivity index (χ4n) is 2.97. The van der Waals surface area contributed by atoms with Crippen molar-refractivity contribution in [2.75, 3.05) is 18.5 Å². The monoisotopic (exact) mass is 495 g/mol. The molecule has 0 amide bonds. The number of hydrogen-bond donors (Lipinski definition) is 4. The van der Waals surface area contributed by atoms with E-state index in [1.165, 1.54) is 16.7 Å². The third-order valence-electron chi connectivity index (χ3n) is 4.69. The predicted molar refractivity (Wildman–Crippen MR) is 130 cm³/mol. The molecule has 0 aromatic heterocycles. The summed E-state index contributed by atoms with van der Waals surface area (Å²) in [5, 5.41) is 3.40. The van der Waals surface area contributed by atoms with Crippen LogP contribution in [0.2, 0.25) is 0 Å². The van der Waals surface area contributed by atoms with E-state index in [4.69, 9.17) is 9.79 Å². The summed E-state index contributed by atoms with van der Waals surface area (Å²) in [4.78, 5) is 26.3. The van der Waals surface area contributed by atoms with Gasteiger partial charge in [0, 0.05) is 12.2 Å². The smallest absolute Gasteiger partial charge is 0.381 e. The number of nitrogens with one attached hydrogen (secondary N) is 1. The van der Waals surface area contributed by atoms with Crippen LogP contribution >= 0.6 is 15.6 Å². The summed E-state index contributed by atoms with van der Waals surface area (Å²) in [6.07, 6.45) is 6.09. The lowest BCUT2D eigenvalue weighted by Gasteiger charge is -2.11. The number of phosphoric ester groups is 1. The molecule has 180 valence electrons. The molecule has 4 N–H and O–H groups in total. The number of allylic oxidation sites excluding steroid dienone is 2. The van der Waals surface area contributed by atoms with Crippen LogP contribution < -0.4 is 5.32 Å². The van der Waals surface area contributed by atoms with Crippen molar-refractivity contribution in [3.05, 3.63) is 89.0 Å². The Bertz CT molecular complexity index is 1030. The maximum absolute atomic E-state index is 11.4. The molecule has 1 atom stereocenters. The van der Waals surface area contributed by atoms with Gasteiger partial charge in [0.25, 0.3) is 0 Å². The summed E-state index contributed by atoms with van der Waals surface area (Å²) in [6.45, 7) is 4.32. The van der Waals surface area contributed by atoms with Crippen LogP contribution in [0.4, 0.5) is 5.69 Å². The molecular weight excluding hydrogens is 464 g/mol. The molecule has 0 aliphatic carbocycles. The first-order chi connectivity index (χ1) is 15.5. The van der Waals surface area contributed by atoms with Crippen LogP contribution in [-0.2, 0) is 24.4 Å². The lowest BCUT2D eigenvalue weighted by Crippen LogP contribution is -2.02. The van der Waals surface area contributed by atoms with Crippen molar-refractivity contribution in [3.63, 3.8) is 0 Å². The number of hydrogen-bond acceptors (Lipinski definition) is 5. The van der Waals surface area contributed by atoms with Crippen LogP contribution in [-0.4, -0.2) is 27.8 Å². The molecule has 33 heavy (non-hydrogen) atoms. The zero-order valence-corrected chi connectivity index (χ0v) is 20.5. The standard InChI is InChI=1S/C23H31NO7P2/c1-19(15-16-30-33(28,29)31-32(25,26)27)7-6-8-20(2)18-24-23-13-11-22(12-14-23)17-21-9-4-3-5-10-21/h3-5,8-15,24H,6-7,16-18H2,1-2H3,(H,28,29)(H2,25,26,27)/b19-15+,20-8+. The molecule has 0 heterocycles. The van der Waals surface area contributed by atoms with Gasteiger partial charge in [0.1, 0.15) is 0 Å². The van der Waals surface area contributed by atoms with E-state index in [0.29, 0.717) is 6.42 Å². The Morgan fingerprint density at radius 1 is 0.909 bits per heavy atom. The molecule has 2 aromatic rings. The van der Waals surface area contributed by atoms with Gasteiger partial charge >= 0.3 is 15.6 Å². The van der Waals surface area contributed by atoms with Gasteiger partial charge in [-0.2, -0.15) is 4.31 Å². The minimum absolute atomic E-state index is 0.288. The molecular formula is C23H31NO7P2. The summed E-state index contributed by atoms with van der Waals surface area (Å²) in [5.41, 5.74) is 5.70. The van der Waals surface area contributed by atoms with Gasteiger partial charge in [0.15, 0.2) is 0 Å². The van der Waals surface area contributed by atoms with Gasteiger partial charge in [-0.1, -0.05) is 65.8 Å². The average molecular weight is 495 g/mol. The SMILES string of the molecule is C/C(=C\COP(=O)(O)OP(=O)(O)O)CC/C=C(\C)CNc1ccc(Cc2ccccc2)cc1. The molecule has 0 aliphatic heterocycles. The molecule has 1 unspecified atom stereocenters. The van der Waals surface area contributed by atoms with Gasteiger partial charge in [0.2, 0.25) is 0 Å². The Labute approximate surface area is 194 Å². The summed E-state index contributed by atoms with van der Waals surface area (Å²) in [5.74, 6) is 0. The van der Waals surface area contributed by atoms with Gasteiger partial charge in [0.05, 0.1) is 6.61 Å². The molecule has 8 nitrogen and oxygen atoms in total. The Balaban J connectivity index is 1.70. The largest absolute Gasteiger partial charge is 0.481 e. The fraction of sp³-hybridized carbons (Fsp3) is 0.304. The van der Waals surface area contributed by atoms with E-state index in [1.807, 2.05) is 32.0 Å². The van der Waals surface area contributed by atoms with Crippen LogP contribution in [0.5, 0.6) is 0 Å². The third kappa shape index (κ3) is 12.1. The zero-order valence-electron chi connectivity index (χ0n) is 18.8. The maximum Gasteiger partial charge on any atom is 0.481 e. The minimum atomic E-state index is -5.10. The van der Waals surface area contributed by atoms with Crippen molar-refractivity contribution in [1.29, 1.82) is 0 Å². The highest BCUT2D eigenvalue weighted by molar-refractivity contribution is 7.60. The maximum atomic E-state index is 11.4. The fourth-order valence-corrected chi connectivity index (χ4v) is 4.49. The van der Waals surface area contributed by atoms with E-state index in [-0.39, 0.29) is 6.61 Å². The molecule has 0 fully saturated rings. The molecule has 2 aromatic carbocycles. The number of benzene rings is 2. The Morgan fingerprint density at radius 2 is 1.55 bits per heavy atom. The van der Waals surface area contributed by atoms with Crippen LogP contribution in [0.25, 0.3) is 0 Å². The molecule has 0 saturated heterocycles. The van der Waals surface area contributed by atoms with E-state index in [2.05, 4.69) is 56.6 Å². The van der Waals surface area contributed by atoms with Gasteiger partial charge in [-0.15, -0.1) is 0 Å². The molecule has 0 spiro atoms. The van der Waals surface area contributed by atoms with Gasteiger partial charge in [-0.05, 0) is 56.4 Å². The molecule has 0 bridgehead atoms. The number of rotatable bonds is 13. The second kappa shape index (κ2) is 13.0. The van der Waals surface area contributed by atoms with E-state index in [9.17, 15) is 14.0 Å². The minimum Gasteiger partial charge on any atom is -0.381 e. The van der Waals surface area contributed by atoms with Crippen molar-refractivity contribution in [2.45, 2.75) is 33.1 Å². The van der Waals surface area contributed by atoms with Crippen molar-refractivity contribution in [2.24, 2.45) is 0 Å². The van der Waals surface area contributed by atoms with Crippen molar-refractivity contribution >= 4 is 21.3 Å². The summed E-state index contributed by atoms with van der Waals surface area (Å²) in [7, 11) is -9.90. The molecule has 2 rings (SSSR count). The van der Waals surface area contributed by atoms with E-state index in [0.717, 1.165) is 30.6 Å². The quantitative estimate of drug-likeness (QED) is 0.209. The molecule has 0 saturated carbocycles. The van der Waals surface area contributed by atoms with Crippen LogP contribution in [0.15, 0.2) is 77.9 Å². The Kier molecular flexibility index (Phi) is 10.7. The van der Waals surface area contributed by atoms with Gasteiger partial charge in [-0.25, -0.2) is 9.13 Å². The molecule has 0 aliphatic rings. The third-order valence-corrected chi connectivity index (χ3v) is 6.84. The van der Waals surface area contributed by atoms with Crippen molar-refractivity contribution in [3.8, 4) is 0 Å². The van der Waals surface area contributed by atoms with E-state index in [1.54, 1.807) is 6.08 Å². The first-order valence-corrected chi connectivity index (χ1v) is 13.5. The Hall–Kier alpha value is -2.02. The van der Waals surface area contributed by atoms with Crippen molar-refractivity contribution < 1.29 is 32.6 Å². The van der Waals surface area contributed by atoms with E-state index < -0.39 is 15.6 Å². The highest BCUT2D eigenvalue weighted by Crippen LogP contribution is 2.57. The molecule has 0 radical (unpaired) electrons. The second-order valence-corrected chi connectivity index (χ2v) is 10.5. The lowest BCUT2D eigenvalue weighted by atomic mass is 10.0. The van der Waals surface area contributed by atoms with E-state index >= 15 is 0 Å². The van der Waals surface area contributed by atoms with Gasteiger partial charge < -0.3 is 20.0 Å².